The Hall–Kier alpha value is -2.89. The molecular formula is C14H13N2O4+. The molecule has 2 rings (SSSR count). The normalized spacial score (nSPS) is 10.1. The fraction of sp³-hybridized carbons (Fsp3) is 0.0714. The van der Waals surface area contributed by atoms with Crippen molar-refractivity contribution in [1.82, 2.24) is 0 Å². The summed E-state index contributed by atoms with van der Waals surface area (Å²) < 4.78 is 0.874. The molecule has 0 aliphatic rings. The highest BCUT2D eigenvalue weighted by Gasteiger charge is 2.17. The van der Waals surface area contributed by atoms with Crippen molar-refractivity contribution < 1.29 is 24.6 Å². The highest BCUT2D eigenvalue weighted by molar-refractivity contribution is 6.10. The number of amides is 1. The molecule has 1 aromatic heterocycles. The molecule has 0 saturated carbocycles. The highest BCUT2D eigenvalue weighted by atomic mass is 16.5. The summed E-state index contributed by atoms with van der Waals surface area (Å²) in [5.41, 5.74) is 0.955. The van der Waals surface area contributed by atoms with Crippen LogP contribution in [0.25, 0.3) is 0 Å². The number of pyridine rings is 1. The van der Waals surface area contributed by atoms with E-state index in [0.29, 0.717) is 11.4 Å². The zero-order valence-electron chi connectivity index (χ0n) is 10.7. The molecule has 2 aromatic rings. The van der Waals surface area contributed by atoms with Crippen LogP contribution in [0, 0.1) is 6.92 Å². The summed E-state index contributed by atoms with van der Waals surface area (Å²) in [4.78, 5) is 23.1. The average molecular weight is 273 g/mol. The number of nitrogens with zero attached hydrogens (tertiary/aromatic N) is 1. The number of carboxylic acid groups (broad SMARTS) is 1. The van der Waals surface area contributed by atoms with Gasteiger partial charge in [-0.25, -0.2) is 4.79 Å². The van der Waals surface area contributed by atoms with Crippen molar-refractivity contribution in [2.45, 2.75) is 6.92 Å². The molecule has 0 bridgehead atoms. The second kappa shape index (κ2) is 5.40. The standard InChI is InChI=1S/C14H12N2O4/c1-9-6-7-10(8-16(9)20)15-13(17)11-4-2-3-5-12(11)14(18)19/h2-8H,1H3,(H2-,15,17,18,19,20)/p+1. The predicted molar refractivity (Wildman–Crippen MR) is 69.9 cm³/mol. The van der Waals surface area contributed by atoms with E-state index >= 15 is 0 Å². The Morgan fingerprint density at radius 2 is 1.75 bits per heavy atom. The number of carbonyl (C=O) groups is 2. The van der Waals surface area contributed by atoms with E-state index in [4.69, 9.17) is 5.11 Å². The van der Waals surface area contributed by atoms with Crippen molar-refractivity contribution in [3.05, 3.63) is 59.4 Å². The summed E-state index contributed by atoms with van der Waals surface area (Å²) in [7, 11) is 0. The topological polar surface area (TPSA) is 90.5 Å². The molecule has 0 atom stereocenters. The fourth-order valence-electron chi connectivity index (χ4n) is 1.70. The van der Waals surface area contributed by atoms with E-state index in [1.165, 1.54) is 18.3 Å². The zero-order chi connectivity index (χ0) is 14.7. The lowest BCUT2D eigenvalue weighted by atomic mass is 10.1. The highest BCUT2D eigenvalue weighted by Crippen LogP contribution is 2.12. The van der Waals surface area contributed by atoms with E-state index < -0.39 is 11.9 Å². The Morgan fingerprint density at radius 3 is 2.35 bits per heavy atom. The molecule has 1 amide bonds. The van der Waals surface area contributed by atoms with Crippen molar-refractivity contribution in [3.8, 4) is 0 Å². The summed E-state index contributed by atoms with van der Waals surface area (Å²) in [5, 5.41) is 21.1. The van der Waals surface area contributed by atoms with Crippen LogP contribution in [0.5, 0.6) is 0 Å². The molecule has 1 heterocycles. The van der Waals surface area contributed by atoms with Gasteiger partial charge >= 0.3 is 5.97 Å². The Morgan fingerprint density at radius 1 is 1.10 bits per heavy atom. The number of anilines is 1. The molecule has 3 N–H and O–H groups in total. The molecule has 102 valence electrons. The minimum Gasteiger partial charge on any atom is -0.478 e. The maximum absolute atomic E-state index is 12.1. The first-order valence-electron chi connectivity index (χ1n) is 5.84. The third-order valence-corrected chi connectivity index (χ3v) is 2.79. The molecule has 6 nitrogen and oxygen atoms in total. The van der Waals surface area contributed by atoms with Crippen LogP contribution < -0.4 is 10.0 Å². The van der Waals surface area contributed by atoms with Gasteiger partial charge in [-0.15, -0.1) is 0 Å². The summed E-state index contributed by atoms with van der Waals surface area (Å²) >= 11 is 0. The van der Waals surface area contributed by atoms with Gasteiger partial charge in [-0.3, -0.25) is 10.0 Å². The lowest BCUT2D eigenvalue weighted by molar-refractivity contribution is -0.908. The lowest BCUT2D eigenvalue weighted by Gasteiger charge is -2.06. The largest absolute Gasteiger partial charge is 0.478 e. The number of aromatic nitrogens is 1. The zero-order valence-corrected chi connectivity index (χ0v) is 10.7. The minimum absolute atomic E-state index is 0.0602. The smallest absolute Gasteiger partial charge is 0.336 e. The summed E-state index contributed by atoms with van der Waals surface area (Å²) in [5.74, 6) is -1.72. The molecular weight excluding hydrogens is 260 g/mol. The van der Waals surface area contributed by atoms with Crippen molar-refractivity contribution in [2.75, 3.05) is 5.32 Å². The number of carbonyl (C=O) groups excluding carboxylic acids is 1. The number of aromatic carboxylic acids is 1. The van der Waals surface area contributed by atoms with Crippen molar-refractivity contribution in [2.24, 2.45) is 0 Å². The number of rotatable bonds is 3. The van der Waals surface area contributed by atoms with Crippen LogP contribution in [0.1, 0.15) is 26.4 Å². The molecule has 6 heteroatoms. The summed E-state index contributed by atoms with van der Waals surface area (Å²) in [6.07, 6.45) is 1.33. The van der Waals surface area contributed by atoms with Crippen LogP contribution in [-0.2, 0) is 0 Å². The molecule has 0 saturated heterocycles. The van der Waals surface area contributed by atoms with Gasteiger partial charge in [0, 0.05) is 17.7 Å². The first-order chi connectivity index (χ1) is 9.49. The van der Waals surface area contributed by atoms with Crippen molar-refractivity contribution in [1.29, 1.82) is 0 Å². The number of carboxylic acids is 1. The molecule has 1 aromatic carbocycles. The second-order valence-electron chi connectivity index (χ2n) is 4.21. The first kappa shape index (κ1) is 13.5. The SMILES string of the molecule is Cc1ccc(NC(=O)c2ccccc2C(=O)O)c[n+]1O. The van der Waals surface area contributed by atoms with Gasteiger partial charge in [0.1, 0.15) is 5.69 Å². The van der Waals surface area contributed by atoms with E-state index in [-0.39, 0.29) is 11.1 Å². The Bertz CT molecular complexity index is 683. The predicted octanol–water partition coefficient (Wildman–Crippen LogP) is 1.47. The van der Waals surface area contributed by atoms with E-state index in [0.717, 1.165) is 4.73 Å². The third kappa shape index (κ3) is 2.74. The number of benzene rings is 1. The lowest BCUT2D eigenvalue weighted by Crippen LogP contribution is -2.33. The van der Waals surface area contributed by atoms with Crippen LogP contribution in [0.2, 0.25) is 0 Å². The molecule has 0 fully saturated rings. The van der Waals surface area contributed by atoms with Gasteiger partial charge in [-0.1, -0.05) is 12.1 Å². The monoisotopic (exact) mass is 273 g/mol. The van der Waals surface area contributed by atoms with Gasteiger partial charge in [-0.2, -0.15) is 0 Å². The Kier molecular flexibility index (Phi) is 3.65. The summed E-state index contributed by atoms with van der Waals surface area (Å²) in [6.45, 7) is 1.70. The molecule has 0 spiro atoms. The van der Waals surface area contributed by atoms with Gasteiger partial charge in [0.2, 0.25) is 11.9 Å². The van der Waals surface area contributed by atoms with E-state index in [9.17, 15) is 14.8 Å². The van der Waals surface area contributed by atoms with Crippen molar-refractivity contribution >= 4 is 17.6 Å². The maximum Gasteiger partial charge on any atom is 0.336 e. The van der Waals surface area contributed by atoms with Gasteiger partial charge in [0.15, 0.2) is 0 Å². The third-order valence-electron chi connectivity index (χ3n) is 2.79. The number of hydrogen-bond acceptors (Lipinski definition) is 3. The molecule has 20 heavy (non-hydrogen) atoms. The van der Waals surface area contributed by atoms with E-state index in [1.54, 1.807) is 31.2 Å². The number of nitrogens with one attached hydrogen (secondary N) is 1. The van der Waals surface area contributed by atoms with Gasteiger partial charge < -0.3 is 10.4 Å². The fourth-order valence-corrected chi connectivity index (χ4v) is 1.70. The summed E-state index contributed by atoms with van der Waals surface area (Å²) in [6, 6.07) is 9.16. The van der Waals surface area contributed by atoms with Gasteiger partial charge in [0.05, 0.1) is 11.1 Å². The maximum atomic E-state index is 12.1. The molecule has 0 radical (unpaired) electrons. The van der Waals surface area contributed by atoms with Crippen LogP contribution in [0.15, 0.2) is 42.6 Å². The Labute approximate surface area is 114 Å². The Balaban J connectivity index is 2.28. The van der Waals surface area contributed by atoms with Gasteiger partial charge in [0.25, 0.3) is 5.91 Å². The van der Waals surface area contributed by atoms with Crippen LogP contribution in [0.3, 0.4) is 0 Å². The first-order valence-corrected chi connectivity index (χ1v) is 5.84. The van der Waals surface area contributed by atoms with Crippen LogP contribution in [0.4, 0.5) is 5.69 Å². The van der Waals surface area contributed by atoms with E-state index in [1.807, 2.05) is 0 Å². The molecule has 0 aliphatic carbocycles. The van der Waals surface area contributed by atoms with Crippen molar-refractivity contribution in [3.63, 3.8) is 0 Å². The second-order valence-corrected chi connectivity index (χ2v) is 4.21. The van der Waals surface area contributed by atoms with Gasteiger partial charge in [-0.05, 0) is 18.2 Å². The molecule has 0 unspecified atom stereocenters. The van der Waals surface area contributed by atoms with E-state index in [2.05, 4.69) is 5.32 Å². The van der Waals surface area contributed by atoms with Crippen LogP contribution in [-0.4, -0.2) is 22.2 Å². The average Bonchev–Trinajstić information content (AvgIpc) is 2.43. The number of hydrogen-bond donors (Lipinski definition) is 3. The minimum atomic E-state index is -1.17. The quantitative estimate of drug-likeness (QED) is 0.583. The van der Waals surface area contributed by atoms with Crippen LogP contribution >= 0.6 is 0 Å². The molecule has 0 aliphatic heterocycles. The number of aryl methyl sites for hydroxylation is 1.